The van der Waals surface area contributed by atoms with Crippen LogP contribution in [0.25, 0.3) is 0 Å². The zero-order valence-electron chi connectivity index (χ0n) is 35.1. The molecular formula is C51H62N2O3. The quantitative estimate of drug-likeness (QED) is 0.133. The lowest BCUT2D eigenvalue weighted by Crippen LogP contribution is -2.48. The third-order valence-corrected chi connectivity index (χ3v) is 12.5. The third kappa shape index (κ3) is 7.72. The van der Waals surface area contributed by atoms with Crippen molar-refractivity contribution in [2.24, 2.45) is 0 Å². The van der Waals surface area contributed by atoms with Gasteiger partial charge in [-0.25, -0.2) is 0 Å². The van der Waals surface area contributed by atoms with Crippen molar-refractivity contribution >= 4 is 0 Å². The van der Waals surface area contributed by atoms with E-state index in [4.69, 9.17) is 0 Å². The molecule has 5 nitrogen and oxygen atoms in total. The first-order valence-corrected chi connectivity index (χ1v) is 20.6. The summed E-state index contributed by atoms with van der Waals surface area (Å²) in [5, 5.41) is 38.6. The molecule has 2 saturated heterocycles. The molecular weight excluding hydrogens is 689 g/mol. The minimum atomic E-state index is -1.23. The molecule has 5 heteroatoms. The Morgan fingerprint density at radius 2 is 0.679 bits per heavy atom. The van der Waals surface area contributed by atoms with Gasteiger partial charge in [0.15, 0.2) is 0 Å². The summed E-state index contributed by atoms with van der Waals surface area (Å²) >= 11 is 0. The molecule has 7 rings (SSSR count). The van der Waals surface area contributed by atoms with Crippen LogP contribution >= 0.6 is 0 Å². The van der Waals surface area contributed by atoms with Gasteiger partial charge < -0.3 is 15.3 Å². The van der Waals surface area contributed by atoms with Crippen LogP contribution in [0.1, 0.15) is 109 Å². The number of likely N-dealkylation sites (tertiary alicyclic amines) is 2. The van der Waals surface area contributed by atoms with Crippen molar-refractivity contribution in [2.45, 2.75) is 124 Å². The van der Waals surface area contributed by atoms with E-state index in [1.807, 2.05) is 0 Å². The SMILES string of the molecule is Cc1cc(C)cc(C(O)(c2cc(C)cc(C)c2)[C@@H]2CCCN2Cc2cc(C)cc(CN3CCC[C@H]3C(O)(c3cc(C)cc(C)c3)c3cc(C)cc(C)c3)c2O)c1. The lowest BCUT2D eigenvalue weighted by molar-refractivity contribution is -0.00751. The normalized spacial score (nSPS) is 18.3. The fourth-order valence-corrected chi connectivity index (χ4v) is 10.5. The molecule has 2 aliphatic heterocycles. The molecule has 5 aromatic rings. The number of aryl methyl sites for hydroxylation is 9. The molecule has 0 radical (unpaired) electrons. The highest BCUT2D eigenvalue weighted by Gasteiger charge is 2.47. The first-order valence-electron chi connectivity index (χ1n) is 20.6. The molecule has 0 aromatic heterocycles. The Kier molecular flexibility index (Phi) is 11.1. The van der Waals surface area contributed by atoms with Gasteiger partial charge in [0.2, 0.25) is 0 Å². The van der Waals surface area contributed by atoms with Crippen LogP contribution in [0.5, 0.6) is 5.75 Å². The van der Waals surface area contributed by atoms with Gasteiger partial charge in [0.1, 0.15) is 17.0 Å². The number of nitrogens with zero attached hydrogens (tertiary/aromatic N) is 2. The highest BCUT2D eigenvalue weighted by atomic mass is 16.3. The maximum atomic E-state index is 13.2. The summed E-state index contributed by atoms with van der Waals surface area (Å²) in [5.74, 6) is 0.314. The maximum Gasteiger partial charge on any atom is 0.130 e. The smallest absolute Gasteiger partial charge is 0.130 e. The topological polar surface area (TPSA) is 67.2 Å². The molecule has 2 heterocycles. The summed E-state index contributed by atoms with van der Waals surface area (Å²) in [6, 6.07) is 29.7. The van der Waals surface area contributed by atoms with Gasteiger partial charge in [-0.15, -0.1) is 0 Å². The van der Waals surface area contributed by atoms with Crippen LogP contribution < -0.4 is 0 Å². The molecule has 294 valence electrons. The van der Waals surface area contributed by atoms with E-state index in [-0.39, 0.29) is 12.1 Å². The highest BCUT2D eigenvalue weighted by Crippen LogP contribution is 2.45. The lowest BCUT2D eigenvalue weighted by Gasteiger charge is -2.41. The second kappa shape index (κ2) is 15.6. The molecule has 2 atom stereocenters. The predicted molar refractivity (Wildman–Crippen MR) is 229 cm³/mol. The Balaban J connectivity index is 1.24. The summed E-state index contributed by atoms with van der Waals surface area (Å²) in [4.78, 5) is 4.79. The van der Waals surface area contributed by atoms with Gasteiger partial charge in [-0.2, -0.15) is 0 Å². The zero-order chi connectivity index (χ0) is 40.1. The Hall–Kier alpha value is -4.26. The Bertz CT molecular complexity index is 1920. The molecule has 0 unspecified atom stereocenters. The average molecular weight is 751 g/mol. The van der Waals surface area contributed by atoms with Crippen molar-refractivity contribution in [2.75, 3.05) is 13.1 Å². The molecule has 0 saturated carbocycles. The summed E-state index contributed by atoms with van der Waals surface area (Å²) in [6.45, 7) is 21.7. The van der Waals surface area contributed by atoms with E-state index >= 15 is 0 Å². The molecule has 56 heavy (non-hydrogen) atoms. The fraction of sp³-hybridized carbons (Fsp3) is 0.412. The highest BCUT2D eigenvalue weighted by molar-refractivity contribution is 5.48. The van der Waals surface area contributed by atoms with Crippen LogP contribution in [0.15, 0.2) is 84.9 Å². The molecule has 2 aliphatic rings. The van der Waals surface area contributed by atoms with Crippen molar-refractivity contribution < 1.29 is 15.3 Å². The van der Waals surface area contributed by atoms with E-state index in [1.54, 1.807) is 0 Å². The van der Waals surface area contributed by atoms with Crippen LogP contribution in [0.2, 0.25) is 0 Å². The second-order valence-corrected chi connectivity index (χ2v) is 17.7. The molecule has 0 bridgehead atoms. The number of benzene rings is 5. The minimum absolute atomic E-state index is 0.179. The van der Waals surface area contributed by atoms with Gasteiger partial charge in [0.25, 0.3) is 0 Å². The zero-order valence-corrected chi connectivity index (χ0v) is 35.1. The van der Waals surface area contributed by atoms with Crippen LogP contribution in [0.4, 0.5) is 0 Å². The fourth-order valence-electron chi connectivity index (χ4n) is 10.5. The first-order chi connectivity index (χ1) is 26.5. The average Bonchev–Trinajstić information content (AvgIpc) is 3.78. The first kappa shape index (κ1) is 40.0. The number of phenols is 1. The third-order valence-electron chi connectivity index (χ3n) is 12.5. The number of rotatable bonds is 10. The monoisotopic (exact) mass is 750 g/mol. The summed E-state index contributed by atoms with van der Waals surface area (Å²) in [6.07, 6.45) is 3.63. The predicted octanol–water partition coefficient (Wildman–Crippen LogP) is 9.97. The van der Waals surface area contributed by atoms with Crippen molar-refractivity contribution in [1.29, 1.82) is 0 Å². The lowest BCUT2D eigenvalue weighted by atomic mass is 9.77. The van der Waals surface area contributed by atoms with Gasteiger partial charge >= 0.3 is 0 Å². The Morgan fingerprint density at radius 3 is 0.946 bits per heavy atom. The number of hydrogen-bond donors (Lipinski definition) is 3. The molecule has 2 fully saturated rings. The van der Waals surface area contributed by atoms with E-state index in [1.165, 1.54) is 0 Å². The summed E-state index contributed by atoms with van der Waals surface area (Å²) < 4.78 is 0. The van der Waals surface area contributed by atoms with Crippen molar-refractivity contribution in [3.63, 3.8) is 0 Å². The van der Waals surface area contributed by atoms with Gasteiger partial charge in [0, 0.05) is 36.3 Å². The summed E-state index contributed by atoms with van der Waals surface area (Å²) in [7, 11) is 0. The van der Waals surface area contributed by atoms with Crippen LogP contribution in [-0.2, 0) is 24.3 Å². The van der Waals surface area contributed by atoms with Gasteiger partial charge in [-0.05, 0) is 123 Å². The standard InChI is InChI=1S/C51H62N2O3/c1-32-16-33(2)23-43(22-32)50(55,44-24-34(3)17-35(4)25-44)47-12-10-14-52(47)30-41-20-40(9)21-42(49(41)54)31-53-15-11-13-48(53)51(56,45-26-36(5)18-37(6)27-45)46-28-38(7)19-39(8)29-46/h16-29,47-48,54-56H,10-15,30-31H2,1-9H3/t47-,48-/m0/s1. The van der Waals surface area contributed by atoms with Crippen LogP contribution in [-0.4, -0.2) is 50.3 Å². The molecule has 0 amide bonds. The summed E-state index contributed by atoms with van der Waals surface area (Å²) in [5.41, 5.74) is 13.2. The van der Waals surface area contributed by atoms with Gasteiger partial charge in [-0.3, -0.25) is 9.80 Å². The largest absolute Gasteiger partial charge is 0.507 e. The van der Waals surface area contributed by atoms with Crippen LogP contribution in [0, 0.1) is 62.3 Å². The number of hydrogen-bond acceptors (Lipinski definition) is 5. The van der Waals surface area contributed by atoms with Crippen molar-refractivity contribution in [3.8, 4) is 5.75 Å². The number of phenolic OH excluding ortho intramolecular Hbond substituents is 1. The van der Waals surface area contributed by atoms with E-state index in [9.17, 15) is 15.3 Å². The van der Waals surface area contributed by atoms with Crippen molar-refractivity contribution in [1.82, 2.24) is 9.80 Å². The minimum Gasteiger partial charge on any atom is -0.507 e. The van der Waals surface area contributed by atoms with E-state index in [0.717, 1.165) is 122 Å². The molecule has 3 N–H and O–H groups in total. The Morgan fingerprint density at radius 1 is 0.429 bits per heavy atom. The number of aromatic hydroxyl groups is 1. The van der Waals surface area contributed by atoms with Crippen LogP contribution in [0.3, 0.4) is 0 Å². The van der Waals surface area contributed by atoms with Gasteiger partial charge in [-0.1, -0.05) is 135 Å². The molecule has 5 aromatic carbocycles. The Labute approximate surface area is 335 Å². The second-order valence-electron chi connectivity index (χ2n) is 17.7. The molecule has 0 aliphatic carbocycles. The van der Waals surface area contributed by atoms with E-state index in [2.05, 4.69) is 157 Å². The van der Waals surface area contributed by atoms with E-state index < -0.39 is 11.2 Å². The maximum absolute atomic E-state index is 13.2. The van der Waals surface area contributed by atoms with Crippen molar-refractivity contribution in [3.05, 3.63) is 168 Å². The number of aliphatic hydroxyl groups is 2. The van der Waals surface area contributed by atoms with E-state index in [0.29, 0.717) is 18.8 Å². The van der Waals surface area contributed by atoms with Gasteiger partial charge in [0.05, 0.1) is 0 Å². The molecule has 0 spiro atoms.